The van der Waals surface area contributed by atoms with Gasteiger partial charge in [-0.15, -0.1) is 0 Å². The number of hydrogen-bond donors (Lipinski definition) is 0. The van der Waals surface area contributed by atoms with Crippen LogP contribution in [-0.4, -0.2) is 46.4 Å². The van der Waals surface area contributed by atoms with E-state index in [2.05, 4.69) is 9.88 Å². The van der Waals surface area contributed by atoms with E-state index in [1.165, 1.54) is 22.7 Å². The lowest BCUT2D eigenvalue weighted by Gasteiger charge is -2.36. The second kappa shape index (κ2) is 6.83. The van der Waals surface area contributed by atoms with Gasteiger partial charge in [0.1, 0.15) is 17.0 Å². The fraction of sp³-hybridized carbons (Fsp3) is 0.250. The van der Waals surface area contributed by atoms with Gasteiger partial charge < -0.3 is 9.80 Å². The zero-order valence-electron chi connectivity index (χ0n) is 14.9. The summed E-state index contributed by atoms with van der Waals surface area (Å²) in [6.45, 7) is 4.12. The van der Waals surface area contributed by atoms with Crippen LogP contribution in [0.1, 0.15) is 15.9 Å². The van der Waals surface area contributed by atoms with Crippen molar-refractivity contribution in [2.75, 3.05) is 31.1 Å². The quantitative estimate of drug-likeness (QED) is 0.697. The number of nitrogens with zero attached hydrogens (tertiary/aromatic N) is 4. The maximum atomic E-state index is 13.1. The van der Waals surface area contributed by atoms with Crippen molar-refractivity contribution in [2.45, 2.75) is 6.92 Å². The normalized spacial score (nSPS) is 14.6. The van der Waals surface area contributed by atoms with Crippen LogP contribution in [-0.2, 0) is 0 Å². The van der Waals surface area contributed by atoms with Crippen LogP contribution < -0.4 is 10.5 Å². The van der Waals surface area contributed by atoms with E-state index in [4.69, 9.17) is 0 Å². The monoisotopic (exact) mass is 366 g/mol. The number of fused-ring (bicyclic) bond motifs is 1. The Morgan fingerprint density at radius 1 is 1.04 bits per heavy atom. The number of hydrogen-bond acceptors (Lipinski definition) is 4. The molecule has 0 bridgehead atoms. The Labute approximate surface area is 155 Å². The highest BCUT2D eigenvalue weighted by molar-refractivity contribution is 5.94. The van der Waals surface area contributed by atoms with Crippen LogP contribution in [0, 0.1) is 12.7 Å². The first-order chi connectivity index (χ1) is 13.0. The first-order valence-corrected chi connectivity index (χ1v) is 8.81. The third-order valence-electron chi connectivity index (χ3n) is 4.84. The van der Waals surface area contributed by atoms with Gasteiger partial charge in [-0.2, -0.15) is 0 Å². The second-order valence-electron chi connectivity index (χ2n) is 6.67. The maximum Gasteiger partial charge on any atom is 0.270 e. The van der Waals surface area contributed by atoms with E-state index in [0.29, 0.717) is 31.8 Å². The van der Waals surface area contributed by atoms with Crippen molar-refractivity contribution in [3.63, 3.8) is 0 Å². The molecule has 0 atom stereocenters. The number of aryl methyl sites for hydroxylation is 1. The molecule has 7 heteroatoms. The molecule has 1 aliphatic rings. The number of aromatic nitrogens is 2. The highest BCUT2D eigenvalue weighted by atomic mass is 19.1. The third kappa shape index (κ3) is 3.28. The van der Waals surface area contributed by atoms with Gasteiger partial charge in [0.15, 0.2) is 0 Å². The Kier molecular flexibility index (Phi) is 4.35. The second-order valence-corrected chi connectivity index (χ2v) is 6.67. The largest absolute Gasteiger partial charge is 0.368 e. The summed E-state index contributed by atoms with van der Waals surface area (Å²) in [5.74, 6) is -0.575. The Bertz CT molecular complexity index is 1050. The summed E-state index contributed by atoms with van der Waals surface area (Å²) >= 11 is 0. The molecule has 0 saturated carbocycles. The Morgan fingerprint density at radius 3 is 2.44 bits per heavy atom. The number of piperazine rings is 1. The fourth-order valence-corrected chi connectivity index (χ4v) is 3.32. The molecule has 0 N–H and O–H groups in total. The van der Waals surface area contributed by atoms with Crippen molar-refractivity contribution in [2.24, 2.45) is 0 Å². The number of carbonyl (C=O) groups is 1. The molecule has 27 heavy (non-hydrogen) atoms. The molecule has 3 aromatic rings. The molecule has 1 aromatic carbocycles. The zero-order valence-corrected chi connectivity index (χ0v) is 14.9. The number of pyridine rings is 1. The molecule has 2 aromatic heterocycles. The van der Waals surface area contributed by atoms with Gasteiger partial charge in [0.2, 0.25) is 0 Å². The van der Waals surface area contributed by atoms with E-state index in [1.807, 2.05) is 13.0 Å². The van der Waals surface area contributed by atoms with Crippen LogP contribution in [0.4, 0.5) is 10.1 Å². The summed E-state index contributed by atoms with van der Waals surface area (Å²) in [6, 6.07) is 9.95. The molecule has 1 amide bonds. The predicted molar refractivity (Wildman–Crippen MR) is 101 cm³/mol. The molecule has 1 fully saturated rings. The minimum atomic E-state index is -0.352. The SMILES string of the molecule is Cc1ccc2ncc(C(=O)N3CCN(c4ccc(F)cc4)CC3)c(=O)n2c1. The molecule has 138 valence electrons. The van der Waals surface area contributed by atoms with E-state index in [1.54, 1.807) is 29.3 Å². The maximum absolute atomic E-state index is 13.1. The Balaban J connectivity index is 1.53. The lowest BCUT2D eigenvalue weighted by molar-refractivity contribution is 0.0744. The van der Waals surface area contributed by atoms with Crippen molar-refractivity contribution in [1.82, 2.24) is 14.3 Å². The first kappa shape index (κ1) is 17.2. The molecule has 1 saturated heterocycles. The standard InChI is InChI=1S/C20H19FN4O2/c1-14-2-7-18-22-12-17(20(27)25(18)13-14)19(26)24-10-8-23(9-11-24)16-5-3-15(21)4-6-16/h2-7,12-13H,8-11H2,1H3. The highest BCUT2D eigenvalue weighted by Crippen LogP contribution is 2.17. The lowest BCUT2D eigenvalue weighted by Crippen LogP contribution is -2.49. The fourth-order valence-electron chi connectivity index (χ4n) is 3.32. The molecule has 3 heterocycles. The molecule has 6 nitrogen and oxygen atoms in total. The molecular weight excluding hydrogens is 347 g/mol. The third-order valence-corrected chi connectivity index (χ3v) is 4.84. The molecule has 0 unspecified atom stereocenters. The number of halogens is 1. The van der Waals surface area contributed by atoms with Crippen LogP contribution in [0.2, 0.25) is 0 Å². The summed E-state index contributed by atoms with van der Waals surface area (Å²) in [5.41, 5.74) is 2.08. The van der Waals surface area contributed by atoms with Crippen LogP contribution in [0.25, 0.3) is 5.65 Å². The number of anilines is 1. The summed E-state index contributed by atoms with van der Waals surface area (Å²) in [4.78, 5) is 33.6. The van der Waals surface area contributed by atoms with E-state index in [0.717, 1.165) is 11.3 Å². The van der Waals surface area contributed by atoms with Crippen molar-refractivity contribution < 1.29 is 9.18 Å². The predicted octanol–water partition coefficient (Wildman–Crippen LogP) is 2.10. The number of amides is 1. The van der Waals surface area contributed by atoms with Crippen LogP contribution in [0.5, 0.6) is 0 Å². The summed E-state index contributed by atoms with van der Waals surface area (Å²) < 4.78 is 14.5. The van der Waals surface area contributed by atoms with E-state index in [-0.39, 0.29) is 22.8 Å². The van der Waals surface area contributed by atoms with Crippen molar-refractivity contribution in [3.05, 3.63) is 76.1 Å². The van der Waals surface area contributed by atoms with E-state index in [9.17, 15) is 14.0 Å². The first-order valence-electron chi connectivity index (χ1n) is 8.81. The molecule has 0 aliphatic carbocycles. The van der Waals surface area contributed by atoms with Crippen molar-refractivity contribution in [3.8, 4) is 0 Å². The number of carbonyl (C=O) groups excluding carboxylic acids is 1. The van der Waals surface area contributed by atoms with Gasteiger partial charge in [0.05, 0.1) is 0 Å². The van der Waals surface area contributed by atoms with Gasteiger partial charge >= 0.3 is 0 Å². The van der Waals surface area contributed by atoms with Gasteiger partial charge in [-0.05, 0) is 42.8 Å². The average molecular weight is 366 g/mol. The minimum absolute atomic E-state index is 0.0772. The zero-order chi connectivity index (χ0) is 19.0. The summed E-state index contributed by atoms with van der Waals surface area (Å²) in [7, 11) is 0. The minimum Gasteiger partial charge on any atom is -0.368 e. The van der Waals surface area contributed by atoms with E-state index < -0.39 is 0 Å². The number of rotatable bonds is 2. The topological polar surface area (TPSA) is 57.9 Å². The van der Waals surface area contributed by atoms with Gasteiger partial charge in [-0.25, -0.2) is 9.37 Å². The van der Waals surface area contributed by atoms with Gasteiger partial charge in [-0.3, -0.25) is 14.0 Å². The summed E-state index contributed by atoms with van der Waals surface area (Å²) in [5, 5.41) is 0. The van der Waals surface area contributed by atoms with E-state index >= 15 is 0 Å². The molecular formula is C20H19FN4O2. The highest BCUT2D eigenvalue weighted by Gasteiger charge is 2.25. The average Bonchev–Trinajstić information content (AvgIpc) is 2.69. The van der Waals surface area contributed by atoms with Crippen LogP contribution in [0.3, 0.4) is 0 Å². The Morgan fingerprint density at radius 2 is 1.74 bits per heavy atom. The van der Waals surface area contributed by atoms with Crippen molar-refractivity contribution in [1.29, 1.82) is 0 Å². The lowest BCUT2D eigenvalue weighted by atomic mass is 10.2. The van der Waals surface area contributed by atoms with Crippen LogP contribution in [0.15, 0.2) is 53.6 Å². The molecule has 4 rings (SSSR count). The molecule has 0 radical (unpaired) electrons. The Hall–Kier alpha value is -3.22. The van der Waals surface area contributed by atoms with Gasteiger partial charge in [0, 0.05) is 44.3 Å². The van der Waals surface area contributed by atoms with Gasteiger partial charge in [-0.1, -0.05) is 6.07 Å². The number of benzene rings is 1. The van der Waals surface area contributed by atoms with Crippen molar-refractivity contribution >= 4 is 17.2 Å². The molecule has 0 spiro atoms. The smallest absolute Gasteiger partial charge is 0.270 e. The molecule has 1 aliphatic heterocycles. The van der Waals surface area contributed by atoms with Gasteiger partial charge in [0.25, 0.3) is 11.5 Å². The van der Waals surface area contributed by atoms with Crippen LogP contribution >= 0.6 is 0 Å². The summed E-state index contributed by atoms with van der Waals surface area (Å²) in [6.07, 6.45) is 3.05.